The third-order valence-corrected chi connectivity index (χ3v) is 1.47. The van der Waals surface area contributed by atoms with Crippen molar-refractivity contribution in [2.24, 2.45) is 0 Å². The Kier molecular flexibility index (Phi) is 1.43. The minimum absolute atomic E-state index is 0.371. The molecule has 2 aromatic rings. The van der Waals surface area contributed by atoms with E-state index in [9.17, 15) is 0 Å². The van der Waals surface area contributed by atoms with Crippen LogP contribution in [-0.4, -0.2) is 15.0 Å². The van der Waals surface area contributed by atoms with Gasteiger partial charge in [0, 0.05) is 6.20 Å². The van der Waals surface area contributed by atoms with Gasteiger partial charge < -0.3 is 0 Å². The molecule has 4 heteroatoms. The predicted octanol–water partition coefficient (Wildman–Crippen LogP) is 1.68. The van der Waals surface area contributed by atoms with Crippen LogP contribution in [0.1, 0.15) is 0 Å². The summed E-state index contributed by atoms with van der Waals surface area (Å²) in [7, 11) is 0. The highest BCUT2D eigenvalue weighted by atomic mass is 35.5. The quantitative estimate of drug-likeness (QED) is 0.596. The zero-order chi connectivity index (χ0) is 7.68. The Morgan fingerprint density at radius 1 is 1.27 bits per heavy atom. The average molecular weight is 166 g/mol. The van der Waals surface area contributed by atoms with E-state index in [1.165, 1.54) is 6.20 Å². The van der Waals surface area contributed by atoms with Crippen molar-refractivity contribution in [3.63, 3.8) is 0 Å². The first-order valence-corrected chi connectivity index (χ1v) is 3.47. The van der Waals surface area contributed by atoms with Gasteiger partial charge in [-0.3, -0.25) is 0 Å². The molecule has 3 nitrogen and oxygen atoms in total. The van der Waals surface area contributed by atoms with Gasteiger partial charge in [0.2, 0.25) is 0 Å². The van der Waals surface area contributed by atoms with Crippen LogP contribution in [-0.2, 0) is 0 Å². The molecule has 0 fully saturated rings. The highest BCUT2D eigenvalue weighted by molar-refractivity contribution is 6.29. The molecular formula is C7H4ClN3. The fourth-order valence-corrected chi connectivity index (χ4v) is 0.957. The number of nitrogens with zero attached hydrogens (tertiary/aromatic N) is 3. The van der Waals surface area contributed by atoms with Crippen LogP contribution in [0.15, 0.2) is 24.5 Å². The van der Waals surface area contributed by atoms with E-state index in [0.29, 0.717) is 10.8 Å². The number of aromatic nitrogens is 3. The fraction of sp³-hybridized carbons (Fsp3) is 0. The van der Waals surface area contributed by atoms with Gasteiger partial charge in [-0.25, -0.2) is 15.0 Å². The molecule has 0 saturated heterocycles. The number of rotatable bonds is 0. The summed E-state index contributed by atoms with van der Waals surface area (Å²) in [6.07, 6.45) is 3.17. The molecule has 0 aromatic carbocycles. The van der Waals surface area contributed by atoms with Gasteiger partial charge in [0.1, 0.15) is 10.7 Å². The summed E-state index contributed by atoms with van der Waals surface area (Å²) in [5.74, 6) is 0. The Bertz CT molecular complexity index is 388. The highest BCUT2D eigenvalue weighted by Gasteiger charge is 1.95. The van der Waals surface area contributed by atoms with Gasteiger partial charge in [-0.15, -0.1) is 0 Å². The molecule has 0 aliphatic carbocycles. The summed E-state index contributed by atoms with van der Waals surface area (Å²) in [5, 5.41) is 0.371. The van der Waals surface area contributed by atoms with Crippen molar-refractivity contribution in [2.45, 2.75) is 0 Å². The number of fused-ring (bicyclic) bond motifs is 1. The smallest absolute Gasteiger partial charge is 0.179 e. The zero-order valence-corrected chi connectivity index (χ0v) is 6.28. The Morgan fingerprint density at radius 2 is 2.18 bits per heavy atom. The van der Waals surface area contributed by atoms with E-state index < -0.39 is 0 Å². The van der Waals surface area contributed by atoms with E-state index in [0.717, 1.165) is 5.52 Å². The zero-order valence-electron chi connectivity index (χ0n) is 5.53. The van der Waals surface area contributed by atoms with Crippen molar-refractivity contribution < 1.29 is 0 Å². The second kappa shape index (κ2) is 2.43. The first-order chi connectivity index (χ1) is 5.36. The molecule has 0 radical (unpaired) electrons. The summed E-state index contributed by atoms with van der Waals surface area (Å²) in [6.45, 7) is 0. The van der Waals surface area contributed by atoms with Crippen LogP contribution in [0.2, 0.25) is 5.15 Å². The van der Waals surface area contributed by atoms with Crippen LogP contribution in [0.4, 0.5) is 0 Å². The van der Waals surface area contributed by atoms with Crippen molar-refractivity contribution in [1.82, 2.24) is 15.0 Å². The SMILES string of the molecule is Clc1cnc2cccnc2n1. The lowest BCUT2D eigenvalue weighted by atomic mass is 10.4. The van der Waals surface area contributed by atoms with Gasteiger partial charge in [0.15, 0.2) is 5.65 Å². The summed E-state index contributed by atoms with van der Waals surface area (Å²) >= 11 is 5.61. The third kappa shape index (κ3) is 1.14. The number of halogens is 1. The Hall–Kier alpha value is -1.22. The lowest BCUT2D eigenvalue weighted by Crippen LogP contribution is -1.85. The highest BCUT2D eigenvalue weighted by Crippen LogP contribution is 2.08. The number of hydrogen-bond acceptors (Lipinski definition) is 3. The minimum Gasteiger partial charge on any atom is -0.250 e. The summed E-state index contributed by atoms with van der Waals surface area (Å²) < 4.78 is 0. The van der Waals surface area contributed by atoms with Crippen molar-refractivity contribution in [3.05, 3.63) is 29.7 Å². The number of pyridine rings is 1. The molecule has 0 spiro atoms. The van der Waals surface area contributed by atoms with Crippen molar-refractivity contribution in [2.75, 3.05) is 0 Å². The Morgan fingerprint density at radius 3 is 3.09 bits per heavy atom. The van der Waals surface area contributed by atoms with E-state index in [4.69, 9.17) is 11.6 Å². The topological polar surface area (TPSA) is 38.7 Å². The fourth-order valence-electron chi connectivity index (χ4n) is 0.828. The molecule has 0 aliphatic rings. The van der Waals surface area contributed by atoms with E-state index in [-0.39, 0.29) is 0 Å². The second-order valence-corrected chi connectivity index (χ2v) is 2.43. The van der Waals surface area contributed by atoms with Gasteiger partial charge in [-0.05, 0) is 12.1 Å². The Labute approximate surface area is 68.1 Å². The minimum atomic E-state index is 0.371. The van der Waals surface area contributed by atoms with Gasteiger partial charge >= 0.3 is 0 Å². The maximum absolute atomic E-state index is 5.61. The molecule has 2 heterocycles. The summed E-state index contributed by atoms with van der Waals surface area (Å²) in [5.41, 5.74) is 1.34. The molecule has 11 heavy (non-hydrogen) atoms. The van der Waals surface area contributed by atoms with Crippen molar-refractivity contribution in [1.29, 1.82) is 0 Å². The Balaban J connectivity index is 2.83. The molecule has 0 saturated carbocycles. The van der Waals surface area contributed by atoms with E-state index in [2.05, 4.69) is 15.0 Å². The monoisotopic (exact) mass is 165 g/mol. The molecule has 0 bridgehead atoms. The average Bonchev–Trinajstić information content (AvgIpc) is 2.04. The largest absolute Gasteiger partial charge is 0.250 e. The molecular weight excluding hydrogens is 162 g/mol. The lowest BCUT2D eigenvalue weighted by Gasteiger charge is -1.92. The van der Waals surface area contributed by atoms with E-state index in [1.807, 2.05) is 12.1 Å². The maximum Gasteiger partial charge on any atom is 0.179 e. The van der Waals surface area contributed by atoms with E-state index in [1.54, 1.807) is 6.20 Å². The second-order valence-electron chi connectivity index (χ2n) is 2.04. The van der Waals surface area contributed by atoms with Crippen LogP contribution in [0, 0.1) is 0 Å². The third-order valence-electron chi connectivity index (χ3n) is 1.29. The van der Waals surface area contributed by atoms with Crippen molar-refractivity contribution >= 4 is 22.8 Å². The van der Waals surface area contributed by atoms with Crippen LogP contribution in [0.3, 0.4) is 0 Å². The predicted molar refractivity (Wildman–Crippen MR) is 42.3 cm³/mol. The molecule has 0 atom stereocenters. The summed E-state index contributed by atoms with van der Waals surface area (Å²) in [6, 6.07) is 3.65. The van der Waals surface area contributed by atoms with Crippen molar-refractivity contribution in [3.8, 4) is 0 Å². The van der Waals surface area contributed by atoms with Crippen LogP contribution < -0.4 is 0 Å². The maximum atomic E-state index is 5.61. The molecule has 0 amide bonds. The molecule has 2 aromatic heterocycles. The van der Waals surface area contributed by atoms with Crippen LogP contribution >= 0.6 is 11.6 Å². The van der Waals surface area contributed by atoms with Gasteiger partial charge in [0.25, 0.3) is 0 Å². The lowest BCUT2D eigenvalue weighted by molar-refractivity contribution is 1.22. The van der Waals surface area contributed by atoms with Crippen LogP contribution in [0.25, 0.3) is 11.2 Å². The first kappa shape index (κ1) is 6.49. The molecule has 0 N–H and O–H groups in total. The van der Waals surface area contributed by atoms with E-state index >= 15 is 0 Å². The standard InChI is InChI=1S/C7H4ClN3/c8-6-4-10-5-2-1-3-9-7(5)11-6/h1-4H. The molecule has 0 aliphatic heterocycles. The molecule has 2 rings (SSSR count). The molecule has 0 unspecified atom stereocenters. The van der Waals surface area contributed by atoms with Crippen LogP contribution in [0.5, 0.6) is 0 Å². The van der Waals surface area contributed by atoms with Gasteiger partial charge in [-0.1, -0.05) is 11.6 Å². The number of hydrogen-bond donors (Lipinski definition) is 0. The van der Waals surface area contributed by atoms with Gasteiger partial charge in [0.05, 0.1) is 6.20 Å². The van der Waals surface area contributed by atoms with Gasteiger partial charge in [-0.2, -0.15) is 0 Å². The normalized spacial score (nSPS) is 10.3. The molecule has 54 valence electrons. The first-order valence-electron chi connectivity index (χ1n) is 3.09. The summed E-state index contributed by atoms with van der Waals surface area (Å²) in [4.78, 5) is 12.0.